The van der Waals surface area contributed by atoms with Crippen molar-refractivity contribution in [3.8, 4) is 0 Å². The Labute approximate surface area is 111 Å². The SMILES string of the molecule is CC1C(C(=O)O)CCN1C(=O)NCC1COCCO1. The number of hydrogen-bond donors (Lipinski definition) is 2. The average Bonchev–Trinajstić information content (AvgIpc) is 2.79. The highest BCUT2D eigenvalue weighted by molar-refractivity contribution is 5.78. The minimum absolute atomic E-state index is 0.120. The molecule has 3 atom stereocenters. The molecule has 7 nitrogen and oxygen atoms in total. The van der Waals surface area contributed by atoms with E-state index < -0.39 is 11.9 Å². The monoisotopic (exact) mass is 272 g/mol. The summed E-state index contributed by atoms with van der Waals surface area (Å²) < 4.78 is 10.7. The van der Waals surface area contributed by atoms with Crippen LogP contribution < -0.4 is 5.32 Å². The van der Waals surface area contributed by atoms with Crippen molar-refractivity contribution in [2.75, 3.05) is 32.9 Å². The minimum atomic E-state index is -0.841. The molecule has 0 saturated carbocycles. The van der Waals surface area contributed by atoms with E-state index in [9.17, 15) is 9.59 Å². The Balaban J connectivity index is 1.78. The van der Waals surface area contributed by atoms with Gasteiger partial charge in [-0.2, -0.15) is 0 Å². The second-order valence-corrected chi connectivity index (χ2v) is 4.92. The molecule has 0 radical (unpaired) electrons. The maximum atomic E-state index is 12.0. The van der Waals surface area contributed by atoms with E-state index in [1.807, 2.05) is 0 Å². The van der Waals surface area contributed by atoms with Crippen molar-refractivity contribution in [2.24, 2.45) is 5.92 Å². The lowest BCUT2D eigenvalue weighted by molar-refractivity contribution is -0.142. The highest BCUT2D eigenvalue weighted by Gasteiger charge is 2.38. The molecule has 2 aliphatic rings. The van der Waals surface area contributed by atoms with Crippen LogP contribution in [-0.4, -0.2) is 67.1 Å². The zero-order chi connectivity index (χ0) is 13.8. The second kappa shape index (κ2) is 6.21. The van der Waals surface area contributed by atoms with Crippen LogP contribution in [0.2, 0.25) is 0 Å². The highest BCUT2D eigenvalue weighted by Crippen LogP contribution is 2.24. The van der Waals surface area contributed by atoms with Gasteiger partial charge in [0.25, 0.3) is 0 Å². The summed E-state index contributed by atoms with van der Waals surface area (Å²) in [5.74, 6) is -1.31. The summed E-state index contributed by atoms with van der Waals surface area (Å²) in [4.78, 5) is 24.6. The molecule has 0 aromatic carbocycles. The molecule has 2 saturated heterocycles. The fraction of sp³-hybridized carbons (Fsp3) is 0.833. The number of carboxylic acids is 1. The van der Waals surface area contributed by atoms with Gasteiger partial charge in [0.15, 0.2) is 0 Å². The number of aliphatic carboxylic acids is 1. The molecule has 0 bridgehead atoms. The van der Waals surface area contributed by atoms with Crippen LogP contribution in [0.3, 0.4) is 0 Å². The Morgan fingerprint density at radius 2 is 2.21 bits per heavy atom. The lowest BCUT2D eigenvalue weighted by atomic mass is 10.0. The van der Waals surface area contributed by atoms with Crippen molar-refractivity contribution in [1.29, 1.82) is 0 Å². The first-order valence-electron chi connectivity index (χ1n) is 6.56. The summed E-state index contributed by atoms with van der Waals surface area (Å²) in [5, 5.41) is 11.8. The first kappa shape index (κ1) is 14.1. The van der Waals surface area contributed by atoms with Gasteiger partial charge in [0.2, 0.25) is 0 Å². The number of carboxylic acid groups (broad SMARTS) is 1. The van der Waals surface area contributed by atoms with Crippen LogP contribution in [0, 0.1) is 5.92 Å². The van der Waals surface area contributed by atoms with Crippen molar-refractivity contribution in [3.63, 3.8) is 0 Å². The van der Waals surface area contributed by atoms with Gasteiger partial charge in [-0.15, -0.1) is 0 Å². The maximum Gasteiger partial charge on any atom is 0.317 e. The van der Waals surface area contributed by atoms with E-state index >= 15 is 0 Å². The fourth-order valence-electron chi connectivity index (χ4n) is 2.51. The molecule has 2 heterocycles. The molecule has 108 valence electrons. The molecule has 2 aliphatic heterocycles. The molecule has 19 heavy (non-hydrogen) atoms. The summed E-state index contributed by atoms with van der Waals surface area (Å²) in [6, 6.07) is -0.508. The van der Waals surface area contributed by atoms with Crippen LogP contribution >= 0.6 is 0 Å². The molecule has 7 heteroatoms. The van der Waals surface area contributed by atoms with Crippen LogP contribution in [-0.2, 0) is 14.3 Å². The van der Waals surface area contributed by atoms with Crippen LogP contribution in [0.25, 0.3) is 0 Å². The topological polar surface area (TPSA) is 88.1 Å². The Morgan fingerprint density at radius 3 is 2.79 bits per heavy atom. The molecule has 0 aromatic rings. The minimum Gasteiger partial charge on any atom is -0.481 e. The smallest absolute Gasteiger partial charge is 0.317 e. The first-order chi connectivity index (χ1) is 9.09. The van der Waals surface area contributed by atoms with Crippen LogP contribution in [0.1, 0.15) is 13.3 Å². The second-order valence-electron chi connectivity index (χ2n) is 4.92. The predicted molar refractivity (Wildman–Crippen MR) is 65.9 cm³/mol. The normalized spacial score (nSPS) is 31.2. The number of ether oxygens (including phenoxy) is 2. The number of hydrogen-bond acceptors (Lipinski definition) is 4. The van der Waals surface area contributed by atoms with Gasteiger partial charge >= 0.3 is 12.0 Å². The van der Waals surface area contributed by atoms with Gasteiger partial charge in [0.05, 0.1) is 31.8 Å². The van der Waals surface area contributed by atoms with E-state index in [2.05, 4.69) is 5.32 Å². The molecule has 0 aliphatic carbocycles. The zero-order valence-electron chi connectivity index (χ0n) is 11.0. The number of carbonyl (C=O) groups is 2. The molecular formula is C12H20N2O5. The third kappa shape index (κ3) is 3.36. The van der Waals surface area contributed by atoms with Gasteiger partial charge in [-0.3, -0.25) is 4.79 Å². The van der Waals surface area contributed by atoms with E-state index in [-0.39, 0.29) is 18.2 Å². The van der Waals surface area contributed by atoms with Gasteiger partial charge in [-0.1, -0.05) is 0 Å². The number of carbonyl (C=O) groups excluding carboxylic acids is 1. The van der Waals surface area contributed by atoms with Crippen molar-refractivity contribution < 1.29 is 24.2 Å². The van der Waals surface area contributed by atoms with E-state index in [0.717, 1.165) is 0 Å². The van der Waals surface area contributed by atoms with E-state index in [4.69, 9.17) is 14.6 Å². The number of nitrogens with zero attached hydrogens (tertiary/aromatic N) is 1. The average molecular weight is 272 g/mol. The van der Waals surface area contributed by atoms with E-state index in [1.165, 1.54) is 0 Å². The lowest BCUT2D eigenvalue weighted by Gasteiger charge is -2.27. The number of amides is 2. The summed E-state index contributed by atoms with van der Waals surface area (Å²) in [6.45, 7) is 4.25. The molecular weight excluding hydrogens is 252 g/mol. The maximum absolute atomic E-state index is 12.0. The number of nitrogens with one attached hydrogen (secondary N) is 1. The van der Waals surface area contributed by atoms with Crippen LogP contribution in [0.15, 0.2) is 0 Å². The third-order valence-corrected chi connectivity index (χ3v) is 3.70. The summed E-state index contributed by atoms with van der Waals surface area (Å²) in [6.07, 6.45) is 0.387. The van der Waals surface area contributed by atoms with Crippen LogP contribution in [0.5, 0.6) is 0 Å². The highest BCUT2D eigenvalue weighted by atomic mass is 16.6. The lowest BCUT2D eigenvalue weighted by Crippen LogP contribution is -2.47. The molecule has 2 fully saturated rings. The summed E-state index contributed by atoms with van der Waals surface area (Å²) in [5.41, 5.74) is 0. The Kier molecular flexibility index (Phi) is 4.60. The van der Waals surface area contributed by atoms with Gasteiger partial charge < -0.3 is 24.8 Å². The molecule has 0 spiro atoms. The van der Waals surface area contributed by atoms with Crippen molar-refractivity contribution in [3.05, 3.63) is 0 Å². The molecule has 2 N–H and O–H groups in total. The van der Waals surface area contributed by atoms with Gasteiger partial charge in [-0.25, -0.2) is 4.79 Å². The van der Waals surface area contributed by atoms with Gasteiger partial charge in [-0.05, 0) is 13.3 Å². The first-order valence-corrected chi connectivity index (χ1v) is 6.56. The Bertz CT molecular complexity index is 343. The quantitative estimate of drug-likeness (QED) is 0.749. The van der Waals surface area contributed by atoms with E-state index in [1.54, 1.807) is 11.8 Å². The molecule has 2 rings (SSSR count). The van der Waals surface area contributed by atoms with Gasteiger partial charge in [0.1, 0.15) is 0 Å². The van der Waals surface area contributed by atoms with Crippen molar-refractivity contribution in [2.45, 2.75) is 25.5 Å². The van der Waals surface area contributed by atoms with Gasteiger partial charge in [0, 0.05) is 19.1 Å². The largest absolute Gasteiger partial charge is 0.481 e. The number of likely N-dealkylation sites (tertiary alicyclic amines) is 1. The molecule has 0 aromatic heterocycles. The standard InChI is InChI=1S/C12H20N2O5/c1-8-10(11(15)16)2-3-14(8)12(17)13-6-9-7-18-4-5-19-9/h8-10H,2-7H2,1H3,(H,13,17)(H,15,16). The fourth-order valence-corrected chi connectivity index (χ4v) is 2.51. The molecule has 2 amide bonds. The summed E-state index contributed by atoms with van der Waals surface area (Å²) >= 11 is 0. The predicted octanol–water partition coefficient (Wildman–Crippen LogP) is -0.0936. The summed E-state index contributed by atoms with van der Waals surface area (Å²) in [7, 11) is 0. The van der Waals surface area contributed by atoms with Crippen LogP contribution in [0.4, 0.5) is 4.79 Å². The van der Waals surface area contributed by atoms with Crippen molar-refractivity contribution >= 4 is 12.0 Å². The number of rotatable bonds is 3. The Hall–Kier alpha value is -1.34. The number of urea groups is 1. The zero-order valence-corrected chi connectivity index (χ0v) is 11.0. The van der Waals surface area contributed by atoms with E-state index in [0.29, 0.717) is 39.3 Å². The Morgan fingerprint density at radius 1 is 1.42 bits per heavy atom. The third-order valence-electron chi connectivity index (χ3n) is 3.70. The van der Waals surface area contributed by atoms with Crippen molar-refractivity contribution in [1.82, 2.24) is 10.2 Å². The molecule has 3 unspecified atom stereocenters.